The summed E-state index contributed by atoms with van der Waals surface area (Å²) in [6.45, 7) is 5.08. The van der Waals surface area contributed by atoms with Crippen LogP contribution in [0.15, 0.2) is 0 Å². The normalized spacial score (nSPS) is 23.4. The number of hydrogen-bond donors (Lipinski definition) is 1. The fraction of sp³-hybridized carbons (Fsp3) is 1.00. The van der Waals surface area contributed by atoms with Crippen molar-refractivity contribution in [2.24, 2.45) is 5.92 Å². The molecule has 2 unspecified atom stereocenters. The summed E-state index contributed by atoms with van der Waals surface area (Å²) in [7, 11) is -1.32. The third-order valence-electron chi connectivity index (χ3n) is 3.65. The second-order valence-corrected chi connectivity index (χ2v) is 7.46. The number of piperidine rings is 1. The zero-order chi connectivity index (χ0) is 14.3. The Bertz CT molecular complexity index is 340. The van der Waals surface area contributed by atoms with Crippen molar-refractivity contribution < 1.29 is 13.2 Å². The van der Waals surface area contributed by atoms with Gasteiger partial charge in [0.25, 0.3) is 0 Å². The predicted octanol–water partition coefficient (Wildman–Crippen LogP) is 1.06. The molecule has 0 aliphatic carbocycles. The van der Waals surface area contributed by atoms with Gasteiger partial charge in [-0.2, -0.15) is 0 Å². The molecule has 0 amide bonds. The first-order valence-electron chi connectivity index (χ1n) is 7.14. The van der Waals surface area contributed by atoms with Gasteiger partial charge >= 0.3 is 0 Å². The highest BCUT2D eigenvalue weighted by molar-refractivity contribution is 7.88. The van der Waals surface area contributed by atoms with Gasteiger partial charge in [0.1, 0.15) is 0 Å². The molecule has 0 aromatic heterocycles. The Morgan fingerprint density at radius 2 is 2.21 bits per heavy atom. The van der Waals surface area contributed by atoms with Gasteiger partial charge in [0.05, 0.1) is 12.9 Å². The van der Waals surface area contributed by atoms with E-state index in [4.69, 9.17) is 4.74 Å². The topological polar surface area (TPSA) is 58.6 Å². The van der Waals surface area contributed by atoms with Crippen LogP contribution in [0.1, 0.15) is 32.6 Å². The van der Waals surface area contributed by atoms with Gasteiger partial charge in [-0.3, -0.25) is 0 Å². The van der Waals surface area contributed by atoms with Gasteiger partial charge in [-0.15, -0.1) is 0 Å². The van der Waals surface area contributed by atoms with Gasteiger partial charge < -0.3 is 10.1 Å². The molecule has 1 N–H and O–H groups in total. The fourth-order valence-corrected chi connectivity index (χ4v) is 3.56. The molecule has 5 nitrogen and oxygen atoms in total. The Morgan fingerprint density at radius 1 is 1.47 bits per heavy atom. The van der Waals surface area contributed by atoms with Gasteiger partial charge in [-0.1, -0.05) is 13.3 Å². The molecule has 1 aliphatic rings. The molecule has 1 saturated heterocycles. The van der Waals surface area contributed by atoms with E-state index in [0.29, 0.717) is 25.0 Å². The van der Waals surface area contributed by atoms with E-state index in [2.05, 4.69) is 12.2 Å². The van der Waals surface area contributed by atoms with Crippen LogP contribution in [0.5, 0.6) is 0 Å². The highest BCUT2D eigenvalue weighted by Crippen LogP contribution is 2.18. The molecule has 19 heavy (non-hydrogen) atoms. The quantitative estimate of drug-likeness (QED) is 0.727. The number of nitrogens with zero attached hydrogens (tertiary/aromatic N) is 1. The maximum Gasteiger partial charge on any atom is 0.211 e. The monoisotopic (exact) mass is 292 g/mol. The molecule has 0 aromatic carbocycles. The Hall–Kier alpha value is -0.170. The SMILES string of the molecule is CCCC(COC)NCC1CCCN(S(C)(=O)=O)C1. The van der Waals surface area contributed by atoms with E-state index in [0.717, 1.165) is 38.8 Å². The zero-order valence-corrected chi connectivity index (χ0v) is 13.2. The summed E-state index contributed by atoms with van der Waals surface area (Å²) in [6, 6.07) is 0.378. The van der Waals surface area contributed by atoms with Crippen LogP contribution in [0.25, 0.3) is 0 Å². The molecule has 0 spiro atoms. The van der Waals surface area contributed by atoms with Crippen molar-refractivity contribution >= 4 is 10.0 Å². The standard InChI is InChI=1S/C13H28N2O3S/c1-4-6-13(11-18-2)14-9-12-7-5-8-15(10-12)19(3,16)17/h12-14H,4-11H2,1-3H3. The van der Waals surface area contributed by atoms with Crippen molar-refractivity contribution in [3.05, 3.63) is 0 Å². The Balaban J connectivity index is 2.39. The second-order valence-electron chi connectivity index (χ2n) is 5.48. The average molecular weight is 292 g/mol. The summed E-state index contributed by atoms with van der Waals surface area (Å²) >= 11 is 0. The number of sulfonamides is 1. The van der Waals surface area contributed by atoms with Gasteiger partial charge in [0.2, 0.25) is 10.0 Å². The minimum atomic E-state index is -3.04. The molecule has 1 heterocycles. The van der Waals surface area contributed by atoms with Crippen molar-refractivity contribution in [3.8, 4) is 0 Å². The number of ether oxygens (including phenoxy) is 1. The summed E-state index contributed by atoms with van der Waals surface area (Å²) < 4.78 is 29.9. The molecule has 6 heteroatoms. The van der Waals surface area contributed by atoms with Crippen LogP contribution in [0, 0.1) is 5.92 Å². The van der Waals surface area contributed by atoms with Crippen molar-refractivity contribution in [1.82, 2.24) is 9.62 Å². The fourth-order valence-electron chi connectivity index (χ4n) is 2.62. The number of hydrogen-bond acceptors (Lipinski definition) is 4. The van der Waals surface area contributed by atoms with Gasteiger partial charge in [-0.05, 0) is 31.7 Å². The summed E-state index contributed by atoms with van der Waals surface area (Å²) in [6.07, 6.45) is 5.58. The highest BCUT2D eigenvalue weighted by atomic mass is 32.2. The highest BCUT2D eigenvalue weighted by Gasteiger charge is 2.26. The number of rotatable bonds is 8. The van der Waals surface area contributed by atoms with Gasteiger partial charge in [0.15, 0.2) is 0 Å². The summed E-state index contributed by atoms with van der Waals surface area (Å²) in [5.74, 6) is 0.416. The minimum absolute atomic E-state index is 0.378. The third kappa shape index (κ3) is 6.21. The summed E-state index contributed by atoms with van der Waals surface area (Å²) in [4.78, 5) is 0. The van der Waals surface area contributed by atoms with Crippen LogP contribution in [-0.4, -0.2) is 58.4 Å². The molecule has 0 saturated carbocycles. The van der Waals surface area contributed by atoms with Crippen LogP contribution < -0.4 is 5.32 Å². The van der Waals surface area contributed by atoms with E-state index in [-0.39, 0.29) is 0 Å². The first kappa shape index (κ1) is 16.9. The molecule has 2 atom stereocenters. The maximum absolute atomic E-state index is 11.6. The van der Waals surface area contributed by atoms with Crippen molar-refractivity contribution in [1.29, 1.82) is 0 Å². The smallest absolute Gasteiger partial charge is 0.211 e. The van der Waals surface area contributed by atoms with Crippen molar-refractivity contribution in [3.63, 3.8) is 0 Å². The molecule has 114 valence electrons. The van der Waals surface area contributed by atoms with E-state index >= 15 is 0 Å². The molecule has 0 radical (unpaired) electrons. The van der Waals surface area contributed by atoms with E-state index in [1.165, 1.54) is 6.26 Å². The first-order chi connectivity index (χ1) is 8.97. The molecule has 1 rings (SSSR count). The lowest BCUT2D eigenvalue weighted by Gasteiger charge is -2.32. The lowest BCUT2D eigenvalue weighted by Crippen LogP contribution is -2.44. The molecular weight excluding hydrogens is 264 g/mol. The first-order valence-corrected chi connectivity index (χ1v) is 8.99. The number of methoxy groups -OCH3 is 1. The Morgan fingerprint density at radius 3 is 2.79 bits per heavy atom. The van der Waals surface area contributed by atoms with Gasteiger partial charge in [0, 0.05) is 26.2 Å². The zero-order valence-electron chi connectivity index (χ0n) is 12.4. The average Bonchev–Trinajstić information content (AvgIpc) is 2.36. The Labute approximate surface area is 117 Å². The van der Waals surface area contributed by atoms with Crippen LogP contribution in [0.2, 0.25) is 0 Å². The molecular formula is C13H28N2O3S. The van der Waals surface area contributed by atoms with Crippen molar-refractivity contribution in [2.75, 3.05) is 39.6 Å². The van der Waals surface area contributed by atoms with E-state index in [1.54, 1.807) is 11.4 Å². The molecule has 1 fully saturated rings. The maximum atomic E-state index is 11.6. The predicted molar refractivity (Wildman–Crippen MR) is 77.7 cm³/mol. The second kappa shape index (κ2) is 8.19. The van der Waals surface area contributed by atoms with Crippen LogP contribution in [0.3, 0.4) is 0 Å². The van der Waals surface area contributed by atoms with E-state index in [9.17, 15) is 8.42 Å². The van der Waals surface area contributed by atoms with Crippen LogP contribution >= 0.6 is 0 Å². The van der Waals surface area contributed by atoms with Crippen molar-refractivity contribution in [2.45, 2.75) is 38.6 Å². The molecule has 1 aliphatic heterocycles. The summed E-state index contributed by atoms with van der Waals surface area (Å²) in [5, 5.41) is 3.52. The van der Waals surface area contributed by atoms with E-state index in [1.807, 2.05) is 0 Å². The lowest BCUT2D eigenvalue weighted by atomic mass is 9.99. The molecule has 0 bridgehead atoms. The lowest BCUT2D eigenvalue weighted by molar-refractivity contribution is 0.155. The molecule has 0 aromatic rings. The van der Waals surface area contributed by atoms with E-state index < -0.39 is 10.0 Å². The Kier molecular flexibility index (Phi) is 7.28. The number of nitrogens with one attached hydrogen (secondary N) is 1. The largest absolute Gasteiger partial charge is 0.383 e. The van der Waals surface area contributed by atoms with Gasteiger partial charge in [-0.25, -0.2) is 12.7 Å². The minimum Gasteiger partial charge on any atom is -0.383 e. The van der Waals surface area contributed by atoms with Crippen LogP contribution in [0.4, 0.5) is 0 Å². The van der Waals surface area contributed by atoms with Crippen LogP contribution in [-0.2, 0) is 14.8 Å². The third-order valence-corrected chi connectivity index (χ3v) is 4.92. The summed E-state index contributed by atoms with van der Waals surface area (Å²) in [5.41, 5.74) is 0.